The van der Waals surface area contributed by atoms with Gasteiger partial charge in [0.1, 0.15) is 11.4 Å². The standard InChI is InChI=1S/C15H21FN2O4/c1-15(2,3)22-14(21)18-11(12(19)13(17)20)8-9-6-4-5-7-10(9)16/h4-7,11-12,19H,8H2,1-3H3,(H2,17,20)(H,18,21). The molecule has 1 aromatic carbocycles. The van der Waals surface area contributed by atoms with E-state index in [2.05, 4.69) is 5.32 Å². The Morgan fingerprint density at radius 1 is 1.36 bits per heavy atom. The summed E-state index contributed by atoms with van der Waals surface area (Å²) in [6.07, 6.45) is -2.59. The summed E-state index contributed by atoms with van der Waals surface area (Å²) in [6, 6.07) is 4.77. The van der Waals surface area contributed by atoms with Crippen LogP contribution in [-0.2, 0) is 16.0 Å². The van der Waals surface area contributed by atoms with Gasteiger partial charge in [-0.3, -0.25) is 4.79 Å². The molecule has 2 unspecified atom stereocenters. The second-order valence-electron chi connectivity index (χ2n) is 5.90. The van der Waals surface area contributed by atoms with Gasteiger partial charge < -0.3 is 20.9 Å². The number of primary amides is 1. The van der Waals surface area contributed by atoms with Gasteiger partial charge in [-0.15, -0.1) is 0 Å². The molecule has 0 aromatic heterocycles. The molecule has 6 nitrogen and oxygen atoms in total. The van der Waals surface area contributed by atoms with E-state index in [9.17, 15) is 19.1 Å². The molecule has 0 spiro atoms. The van der Waals surface area contributed by atoms with Crippen LogP contribution >= 0.6 is 0 Å². The first-order valence-corrected chi connectivity index (χ1v) is 6.80. The molecule has 0 aliphatic heterocycles. The number of benzene rings is 1. The van der Waals surface area contributed by atoms with Crippen molar-refractivity contribution in [2.75, 3.05) is 0 Å². The number of hydrogen-bond donors (Lipinski definition) is 3. The smallest absolute Gasteiger partial charge is 0.407 e. The van der Waals surface area contributed by atoms with E-state index in [-0.39, 0.29) is 12.0 Å². The molecule has 0 radical (unpaired) electrons. The molecule has 1 aromatic rings. The van der Waals surface area contributed by atoms with Gasteiger partial charge in [0.15, 0.2) is 6.10 Å². The van der Waals surface area contributed by atoms with Crippen molar-refractivity contribution in [3.05, 3.63) is 35.6 Å². The van der Waals surface area contributed by atoms with E-state index in [4.69, 9.17) is 10.5 Å². The molecule has 2 amide bonds. The number of rotatable bonds is 5. The third-order valence-corrected chi connectivity index (χ3v) is 2.77. The zero-order valence-electron chi connectivity index (χ0n) is 12.8. The molecule has 0 aliphatic rings. The van der Waals surface area contributed by atoms with E-state index < -0.39 is 35.6 Å². The molecular formula is C15H21FN2O4. The lowest BCUT2D eigenvalue weighted by Crippen LogP contribution is -2.51. The third-order valence-electron chi connectivity index (χ3n) is 2.77. The molecule has 7 heteroatoms. The average molecular weight is 312 g/mol. The average Bonchev–Trinajstić information content (AvgIpc) is 2.37. The van der Waals surface area contributed by atoms with Crippen molar-refractivity contribution in [2.24, 2.45) is 5.73 Å². The number of carbonyl (C=O) groups is 2. The third kappa shape index (κ3) is 5.69. The monoisotopic (exact) mass is 312 g/mol. The summed E-state index contributed by atoms with van der Waals surface area (Å²) < 4.78 is 18.7. The van der Waals surface area contributed by atoms with Crippen molar-refractivity contribution in [3.63, 3.8) is 0 Å². The Hall–Kier alpha value is -2.15. The van der Waals surface area contributed by atoms with Crippen molar-refractivity contribution < 1.29 is 23.8 Å². The van der Waals surface area contributed by atoms with Crippen LogP contribution in [0.2, 0.25) is 0 Å². The Morgan fingerprint density at radius 2 is 1.95 bits per heavy atom. The number of amides is 2. The van der Waals surface area contributed by atoms with Gasteiger partial charge in [-0.2, -0.15) is 0 Å². The maximum absolute atomic E-state index is 13.7. The molecule has 0 heterocycles. The Balaban J connectivity index is 2.88. The highest BCUT2D eigenvalue weighted by Gasteiger charge is 2.28. The van der Waals surface area contributed by atoms with E-state index >= 15 is 0 Å². The van der Waals surface area contributed by atoms with Crippen LogP contribution in [0, 0.1) is 5.82 Å². The molecule has 0 bridgehead atoms. The second kappa shape index (κ2) is 7.22. The Kier molecular flexibility index (Phi) is 5.87. The number of nitrogens with two attached hydrogens (primary N) is 1. The van der Waals surface area contributed by atoms with E-state index in [0.29, 0.717) is 0 Å². The number of ether oxygens (including phenoxy) is 1. The van der Waals surface area contributed by atoms with Crippen LogP contribution in [0.1, 0.15) is 26.3 Å². The number of hydrogen-bond acceptors (Lipinski definition) is 4. The molecule has 22 heavy (non-hydrogen) atoms. The largest absolute Gasteiger partial charge is 0.444 e. The first-order chi connectivity index (χ1) is 10.1. The quantitative estimate of drug-likeness (QED) is 0.758. The van der Waals surface area contributed by atoms with Crippen LogP contribution in [0.4, 0.5) is 9.18 Å². The molecule has 0 saturated carbocycles. The summed E-state index contributed by atoms with van der Waals surface area (Å²) >= 11 is 0. The normalized spacial score (nSPS) is 14.0. The van der Waals surface area contributed by atoms with Crippen LogP contribution < -0.4 is 11.1 Å². The molecular weight excluding hydrogens is 291 g/mol. The summed E-state index contributed by atoms with van der Waals surface area (Å²) in [7, 11) is 0. The van der Waals surface area contributed by atoms with Crippen molar-refractivity contribution in [2.45, 2.75) is 44.9 Å². The first-order valence-electron chi connectivity index (χ1n) is 6.80. The fraction of sp³-hybridized carbons (Fsp3) is 0.467. The fourth-order valence-corrected chi connectivity index (χ4v) is 1.80. The van der Waals surface area contributed by atoms with Crippen molar-refractivity contribution in [1.82, 2.24) is 5.32 Å². The van der Waals surface area contributed by atoms with Gasteiger partial charge in [-0.25, -0.2) is 9.18 Å². The topological polar surface area (TPSA) is 102 Å². The van der Waals surface area contributed by atoms with Crippen LogP contribution in [0.25, 0.3) is 0 Å². The summed E-state index contributed by atoms with van der Waals surface area (Å²) in [5.74, 6) is -1.52. The maximum Gasteiger partial charge on any atom is 0.407 e. The first kappa shape index (κ1) is 17.9. The summed E-state index contributed by atoms with van der Waals surface area (Å²) in [6.45, 7) is 5.01. The van der Waals surface area contributed by atoms with Gasteiger partial charge in [-0.1, -0.05) is 18.2 Å². The number of alkyl carbamates (subject to hydrolysis) is 1. The van der Waals surface area contributed by atoms with Crippen LogP contribution in [0.15, 0.2) is 24.3 Å². The number of aliphatic hydroxyl groups is 1. The minimum atomic E-state index is -1.66. The molecule has 122 valence electrons. The lowest BCUT2D eigenvalue weighted by Gasteiger charge is -2.25. The van der Waals surface area contributed by atoms with Gasteiger partial charge in [0, 0.05) is 0 Å². The van der Waals surface area contributed by atoms with E-state index in [0.717, 1.165) is 0 Å². The summed E-state index contributed by atoms with van der Waals surface area (Å²) in [5, 5.41) is 12.2. The van der Waals surface area contributed by atoms with Gasteiger partial charge in [0.25, 0.3) is 0 Å². The predicted octanol–water partition coefficient (Wildman–Crippen LogP) is 1.11. The molecule has 2 atom stereocenters. The lowest BCUT2D eigenvalue weighted by molar-refractivity contribution is -0.127. The Morgan fingerprint density at radius 3 is 2.45 bits per heavy atom. The predicted molar refractivity (Wildman–Crippen MR) is 78.5 cm³/mol. The Labute approximate surface area is 128 Å². The van der Waals surface area contributed by atoms with E-state index in [1.807, 2.05) is 0 Å². The number of carbonyl (C=O) groups excluding carboxylic acids is 2. The number of halogens is 1. The van der Waals surface area contributed by atoms with Crippen LogP contribution in [-0.4, -0.2) is 34.9 Å². The van der Waals surface area contributed by atoms with Crippen molar-refractivity contribution >= 4 is 12.0 Å². The zero-order chi connectivity index (χ0) is 16.9. The summed E-state index contributed by atoms with van der Waals surface area (Å²) in [5.41, 5.74) is 4.55. The zero-order valence-corrected chi connectivity index (χ0v) is 12.8. The highest BCUT2D eigenvalue weighted by molar-refractivity contribution is 5.80. The highest BCUT2D eigenvalue weighted by atomic mass is 19.1. The molecule has 0 saturated heterocycles. The number of aliphatic hydroxyl groups excluding tert-OH is 1. The van der Waals surface area contributed by atoms with E-state index in [1.54, 1.807) is 26.8 Å². The SMILES string of the molecule is CC(C)(C)OC(=O)NC(Cc1ccccc1F)C(O)C(N)=O. The second-order valence-corrected chi connectivity index (χ2v) is 5.90. The van der Waals surface area contributed by atoms with Crippen molar-refractivity contribution in [1.29, 1.82) is 0 Å². The van der Waals surface area contributed by atoms with Crippen LogP contribution in [0.5, 0.6) is 0 Å². The Bertz CT molecular complexity index is 543. The molecule has 0 aliphatic carbocycles. The highest BCUT2D eigenvalue weighted by Crippen LogP contribution is 2.13. The fourth-order valence-electron chi connectivity index (χ4n) is 1.80. The minimum absolute atomic E-state index is 0.101. The van der Waals surface area contributed by atoms with E-state index in [1.165, 1.54) is 18.2 Å². The minimum Gasteiger partial charge on any atom is -0.444 e. The molecule has 4 N–H and O–H groups in total. The molecule has 1 rings (SSSR count). The van der Waals surface area contributed by atoms with Gasteiger partial charge in [0.05, 0.1) is 6.04 Å². The number of nitrogens with one attached hydrogen (secondary N) is 1. The van der Waals surface area contributed by atoms with Gasteiger partial charge >= 0.3 is 6.09 Å². The summed E-state index contributed by atoms with van der Waals surface area (Å²) in [4.78, 5) is 22.9. The van der Waals surface area contributed by atoms with Gasteiger partial charge in [-0.05, 0) is 38.8 Å². The van der Waals surface area contributed by atoms with Crippen molar-refractivity contribution in [3.8, 4) is 0 Å². The molecule has 0 fully saturated rings. The van der Waals surface area contributed by atoms with Gasteiger partial charge in [0.2, 0.25) is 5.91 Å². The maximum atomic E-state index is 13.7. The lowest BCUT2D eigenvalue weighted by atomic mass is 10.0. The van der Waals surface area contributed by atoms with Crippen LogP contribution in [0.3, 0.4) is 0 Å².